The van der Waals surface area contributed by atoms with Gasteiger partial charge in [0.2, 0.25) is 0 Å². The highest BCUT2D eigenvalue weighted by Crippen LogP contribution is 2.49. The van der Waals surface area contributed by atoms with Gasteiger partial charge in [-0.15, -0.1) is 0 Å². The van der Waals surface area contributed by atoms with E-state index < -0.39 is 127 Å². The molecule has 8 heterocycles. The number of rotatable bonds is 12. The molecule has 456 valence electrons. The molecule has 90 heavy (non-hydrogen) atoms. The van der Waals surface area contributed by atoms with E-state index in [1.165, 1.54) is 0 Å². The Morgan fingerprint density at radius 1 is 0.311 bits per heavy atom. The van der Waals surface area contributed by atoms with Crippen LogP contribution in [0.2, 0.25) is 12.6 Å². The number of hydrogen-bond donors (Lipinski definition) is 0. The number of ether oxygens (including phenoxy) is 2. The summed E-state index contributed by atoms with van der Waals surface area (Å²) in [4.78, 5) is 55.3. The number of fused-ring (bicyclic) bond motifs is 4. The summed E-state index contributed by atoms with van der Waals surface area (Å²) in [6.45, 7) is 3.40. The Morgan fingerprint density at radius 2 is 0.522 bits per heavy atom. The zero-order chi connectivity index (χ0) is 61.5. The van der Waals surface area contributed by atoms with Gasteiger partial charge in [0.15, 0.2) is 5.79 Å². The van der Waals surface area contributed by atoms with E-state index in [0.29, 0.717) is 41.5 Å². The summed E-state index contributed by atoms with van der Waals surface area (Å²) in [7, 11) is -48.0. The van der Waals surface area contributed by atoms with E-state index in [2.05, 4.69) is 0 Å². The van der Waals surface area contributed by atoms with Gasteiger partial charge in [0.25, 0.3) is 0 Å². The van der Waals surface area contributed by atoms with Gasteiger partial charge in [-0.1, -0.05) is 243 Å². The maximum Gasteiger partial charge on any atom is 0.525 e. The molecule has 16 rings (SSSR count). The number of hydrogen-bond acceptors (Lipinski definition) is 20. The van der Waals surface area contributed by atoms with Gasteiger partial charge in [0, 0.05) is 54.0 Å². The van der Waals surface area contributed by atoms with Crippen LogP contribution in [0.1, 0.15) is 26.2 Å². The lowest BCUT2D eigenvalue weighted by atomic mass is 9.99. The molecule has 0 saturated carbocycles. The Bertz CT molecular complexity index is 3520. The van der Waals surface area contributed by atoms with Crippen molar-refractivity contribution < 1.29 is 86.9 Å². The largest absolute Gasteiger partial charge is 0.525 e. The van der Waals surface area contributed by atoms with Gasteiger partial charge in [-0.05, 0) is 13.5 Å². The molecule has 6 unspecified atom stereocenters. The fourth-order valence-corrected chi connectivity index (χ4v) is 61.9. The number of esters is 4. The van der Waals surface area contributed by atoms with Crippen LogP contribution < -0.4 is 41.5 Å². The van der Waals surface area contributed by atoms with Gasteiger partial charge in [-0.3, -0.25) is 19.2 Å². The molecule has 8 aliphatic heterocycles. The van der Waals surface area contributed by atoms with Crippen LogP contribution in [-0.2, 0) is 86.9 Å². The summed E-state index contributed by atoms with van der Waals surface area (Å²) in [6, 6.07) is 72.1. The van der Waals surface area contributed by atoms with Crippen molar-refractivity contribution in [2.45, 2.75) is 44.6 Å². The van der Waals surface area contributed by atoms with Crippen molar-refractivity contribution in [1.29, 1.82) is 0 Å². The van der Waals surface area contributed by atoms with Gasteiger partial charge in [-0.25, -0.2) is 0 Å². The van der Waals surface area contributed by atoms with Crippen molar-refractivity contribution in [3.05, 3.63) is 243 Å². The molecule has 8 aromatic rings. The van der Waals surface area contributed by atoms with E-state index in [0.717, 1.165) is 0 Å². The number of carbonyl (C=O) groups excluding carboxylic acids is 4. The first-order chi connectivity index (χ1) is 43.5. The average Bonchev–Trinajstić information content (AvgIpc) is 0.698. The molecule has 0 amide bonds. The molecule has 8 saturated heterocycles. The molecule has 8 aromatic carbocycles. The van der Waals surface area contributed by atoms with Crippen LogP contribution >= 0.6 is 0 Å². The third kappa shape index (κ3) is 10.6. The first-order valence-electron chi connectivity index (χ1n) is 29.3. The van der Waals surface area contributed by atoms with Gasteiger partial charge in [-0.2, -0.15) is 0 Å². The Morgan fingerprint density at radius 3 is 0.756 bits per heavy atom. The summed E-state index contributed by atoms with van der Waals surface area (Å²) >= 11 is 0. The van der Waals surface area contributed by atoms with Crippen molar-refractivity contribution in [2.24, 2.45) is 11.8 Å². The van der Waals surface area contributed by atoms with Crippen molar-refractivity contribution >= 4 is 144 Å². The summed E-state index contributed by atoms with van der Waals surface area (Å²) in [5.74, 6) is -7.58. The molecule has 0 aromatic heterocycles. The first-order valence-corrected chi connectivity index (χ1v) is 45.6. The molecule has 0 spiro atoms. The Labute approximate surface area is 527 Å². The lowest BCUT2D eigenvalue weighted by Gasteiger charge is -2.61. The van der Waals surface area contributed by atoms with Crippen molar-refractivity contribution in [3.63, 3.8) is 0 Å². The second-order valence-corrected chi connectivity index (χ2v) is 49.3. The third-order valence-corrected chi connectivity index (χ3v) is 54.3. The molecule has 8 bridgehead atoms. The molecular formula is C61H56O20Si9. The Balaban J connectivity index is 1.20. The summed E-state index contributed by atoms with van der Waals surface area (Å²) in [5, 5.41) is 2.57. The molecule has 0 aliphatic carbocycles. The highest BCUT2D eigenvalue weighted by atomic mass is 28.6. The molecular weight excluding hydrogens is 1310 g/mol. The lowest BCUT2D eigenvalue weighted by molar-refractivity contribution is -0.177. The van der Waals surface area contributed by atoms with E-state index in [9.17, 15) is 19.2 Å². The zero-order valence-corrected chi connectivity index (χ0v) is 57.2. The predicted octanol–water partition coefficient (Wildman–Crippen LogP) is 3.41. The Hall–Kier alpha value is -6.57. The summed E-state index contributed by atoms with van der Waals surface area (Å²) in [5.41, 5.74) is 0. The van der Waals surface area contributed by atoms with Crippen LogP contribution in [0.3, 0.4) is 0 Å². The fourth-order valence-electron chi connectivity index (χ4n) is 12.4. The van der Waals surface area contributed by atoms with Gasteiger partial charge >= 0.3 is 103 Å². The second kappa shape index (κ2) is 22.6. The summed E-state index contributed by atoms with van der Waals surface area (Å²) < 4.78 is 127. The van der Waals surface area contributed by atoms with Crippen LogP contribution in [0, 0.1) is 11.8 Å². The number of benzene rings is 8. The van der Waals surface area contributed by atoms with E-state index in [-0.39, 0.29) is 18.9 Å². The molecule has 29 heteroatoms. The van der Waals surface area contributed by atoms with Crippen molar-refractivity contribution in [2.75, 3.05) is 0 Å². The van der Waals surface area contributed by atoms with Gasteiger partial charge < -0.3 is 67.7 Å². The van der Waals surface area contributed by atoms with Crippen LogP contribution in [0.15, 0.2) is 243 Å². The average molecular weight is 1360 g/mol. The molecule has 0 radical (unpaired) electrons. The van der Waals surface area contributed by atoms with Gasteiger partial charge in [0.05, 0.1) is 24.7 Å². The van der Waals surface area contributed by atoms with E-state index >= 15 is 0 Å². The normalized spacial score (nSPS) is 35.5. The first kappa shape index (κ1) is 59.7. The fraction of sp³-hybridized carbons (Fsp3) is 0.148. The predicted molar refractivity (Wildman–Crippen MR) is 338 cm³/mol. The summed E-state index contributed by atoms with van der Waals surface area (Å²) in [6.07, 6.45) is -1.04. The molecule has 6 atom stereocenters. The Kier molecular flexibility index (Phi) is 15.0. The second-order valence-electron chi connectivity index (χ2n) is 22.9. The zero-order valence-electron chi connectivity index (χ0n) is 48.2. The van der Waals surface area contributed by atoms with E-state index in [4.69, 9.17) is 67.7 Å². The molecule has 20 nitrogen and oxygen atoms in total. The topological polar surface area (TPSA) is 216 Å². The van der Waals surface area contributed by atoms with Crippen LogP contribution in [0.25, 0.3) is 0 Å². The van der Waals surface area contributed by atoms with Crippen LogP contribution in [-0.4, -0.2) is 109 Å². The third-order valence-electron chi connectivity index (χ3n) is 16.3. The highest BCUT2D eigenvalue weighted by Gasteiger charge is 2.84. The monoisotopic (exact) mass is 1360 g/mol. The van der Waals surface area contributed by atoms with E-state index in [1.54, 1.807) is 135 Å². The molecule has 8 fully saturated rings. The number of carbonyl (C=O) groups is 4. The minimum absolute atomic E-state index is 0.257. The maximum absolute atomic E-state index is 14.3. The van der Waals surface area contributed by atoms with Gasteiger partial charge in [0.1, 0.15) is 0 Å². The van der Waals surface area contributed by atoms with Crippen molar-refractivity contribution in [1.82, 2.24) is 0 Å². The lowest BCUT2D eigenvalue weighted by Crippen LogP contribution is -2.93. The van der Waals surface area contributed by atoms with Crippen molar-refractivity contribution in [3.8, 4) is 0 Å². The minimum Gasteiger partial charge on any atom is -0.393 e. The minimum atomic E-state index is -5.49. The highest BCUT2D eigenvalue weighted by molar-refractivity contribution is 7.11. The van der Waals surface area contributed by atoms with Crippen LogP contribution in [0.5, 0.6) is 0 Å². The maximum atomic E-state index is 14.3. The standard InChI is InChI=1S/C61H56O20Si9/c1-61(45-47-43-57(62)66-59(47)64)68-83(49-27-11-3-12-28-49)72-87(53-35-19-7-20-36-53)76-85(51-31-15-5-16-32-51)70-82(2,46-48-44-58(63)67-60(48)65)71-86(52-33-17-6-18-34-52)78-89(80-87,55-39-23-9-24-40-55)74-84(69-61,50-29-13-4-14-30-50)75-90(79-86,56-41-25-10-26-42-56)81-88(73-83,77-85)54-37-21-8-22-38-54/h3-42,47-48H,43-46H2,1-2H3. The molecule has 0 N–H and O–H groups in total. The van der Waals surface area contributed by atoms with E-state index in [1.807, 2.05) is 121 Å². The van der Waals surface area contributed by atoms with Crippen LogP contribution in [0.4, 0.5) is 0 Å². The molecule has 8 aliphatic rings. The smallest absolute Gasteiger partial charge is 0.393 e. The SMILES string of the molecule is CC1(CC2CC(=O)OC2=O)O[Si]2(c3ccccc3)O[Si]3(c4ccccc4)O[Si]4(c5ccccc5)O[Si](C)(CC5CC(=O)OC5=O)O[Si]5(c6ccccc6)O[Si](c6ccccc6)(O[Si](c6ccccc6)(O1)O[Si](c1ccccc1)(O5)O[Si](c1ccccc1)(O2)O4)O3. The quantitative estimate of drug-likeness (QED) is 0.0973. The number of cyclic esters (lactones) is 4.